The molecule has 21 heavy (non-hydrogen) atoms. The number of phenols is 1. The van der Waals surface area contributed by atoms with Crippen LogP contribution in [0.3, 0.4) is 0 Å². The van der Waals surface area contributed by atoms with Crippen LogP contribution in [0.2, 0.25) is 0 Å². The quantitative estimate of drug-likeness (QED) is 0.898. The highest BCUT2D eigenvalue weighted by Gasteiger charge is 2.32. The third kappa shape index (κ3) is 2.98. The molecule has 1 fully saturated rings. The van der Waals surface area contributed by atoms with E-state index in [4.69, 9.17) is 5.26 Å². The predicted octanol–water partition coefficient (Wildman–Crippen LogP) is 1.59. The van der Waals surface area contributed by atoms with Gasteiger partial charge in [-0.1, -0.05) is 6.07 Å². The van der Waals surface area contributed by atoms with Gasteiger partial charge in [0.1, 0.15) is 22.7 Å². The van der Waals surface area contributed by atoms with E-state index in [0.717, 1.165) is 6.07 Å². The number of piperazine rings is 1. The van der Waals surface area contributed by atoms with Gasteiger partial charge in [0.25, 0.3) is 5.91 Å². The van der Waals surface area contributed by atoms with Crippen LogP contribution in [0.5, 0.6) is 5.75 Å². The molecule has 5 nitrogen and oxygen atoms in total. The average molecular weight is 291 g/mol. The molecule has 0 atom stereocenters. The molecule has 1 N–H and O–H groups in total. The van der Waals surface area contributed by atoms with Crippen molar-refractivity contribution in [2.75, 3.05) is 26.2 Å². The molecular formula is C15H18FN3O2. The van der Waals surface area contributed by atoms with E-state index in [9.17, 15) is 14.3 Å². The Balaban J connectivity index is 2.10. The number of carbonyl (C=O) groups excluding carboxylic acids is 1. The number of halogens is 1. The van der Waals surface area contributed by atoms with Gasteiger partial charge in [-0.2, -0.15) is 5.26 Å². The van der Waals surface area contributed by atoms with Gasteiger partial charge < -0.3 is 10.0 Å². The smallest absolute Gasteiger partial charge is 0.260 e. The monoisotopic (exact) mass is 291 g/mol. The van der Waals surface area contributed by atoms with Crippen LogP contribution in [0.4, 0.5) is 4.39 Å². The van der Waals surface area contributed by atoms with Crippen LogP contribution < -0.4 is 0 Å². The summed E-state index contributed by atoms with van der Waals surface area (Å²) in [4.78, 5) is 15.8. The first-order chi connectivity index (χ1) is 9.86. The number of nitriles is 1. The van der Waals surface area contributed by atoms with E-state index < -0.39 is 17.3 Å². The second-order valence-corrected chi connectivity index (χ2v) is 5.58. The lowest BCUT2D eigenvalue weighted by atomic mass is 10.0. The first kappa shape index (κ1) is 15.3. The molecule has 1 aliphatic rings. The summed E-state index contributed by atoms with van der Waals surface area (Å²) in [6.45, 7) is 5.54. The third-order valence-corrected chi connectivity index (χ3v) is 3.84. The van der Waals surface area contributed by atoms with Gasteiger partial charge in [0, 0.05) is 26.2 Å². The molecule has 1 aromatic carbocycles. The fourth-order valence-electron chi connectivity index (χ4n) is 2.42. The average Bonchev–Trinajstić information content (AvgIpc) is 2.47. The summed E-state index contributed by atoms with van der Waals surface area (Å²) in [6.07, 6.45) is 0. The molecule has 1 saturated heterocycles. The van der Waals surface area contributed by atoms with Crippen LogP contribution in [0.1, 0.15) is 24.2 Å². The number of rotatable bonds is 2. The number of hydrogen-bond donors (Lipinski definition) is 1. The molecule has 1 aromatic rings. The Morgan fingerprint density at radius 1 is 1.33 bits per heavy atom. The molecule has 1 amide bonds. The number of benzene rings is 1. The maximum atomic E-state index is 13.7. The number of hydrogen-bond acceptors (Lipinski definition) is 4. The summed E-state index contributed by atoms with van der Waals surface area (Å²) < 4.78 is 13.7. The summed E-state index contributed by atoms with van der Waals surface area (Å²) in [6, 6.07) is 6.04. The van der Waals surface area contributed by atoms with Gasteiger partial charge in [-0.15, -0.1) is 0 Å². The van der Waals surface area contributed by atoms with Crippen LogP contribution >= 0.6 is 0 Å². The Morgan fingerprint density at radius 2 is 1.95 bits per heavy atom. The van der Waals surface area contributed by atoms with Gasteiger partial charge in [0.05, 0.1) is 6.07 Å². The largest absolute Gasteiger partial charge is 0.507 e. The summed E-state index contributed by atoms with van der Waals surface area (Å²) in [5.41, 5.74) is -0.875. The van der Waals surface area contributed by atoms with Crippen molar-refractivity contribution in [2.45, 2.75) is 19.4 Å². The molecule has 0 bridgehead atoms. The predicted molar refractivity (Wildman–Crippen MR) is 75.2 cm³/mol. The molecule has 1 heterocycles. The summed E-state index contributed by atoms with van der Waals surface area (Å²) in [5.74, 6) is -1.58. The molecule has 112 valence electrons. The molecule has 0 radical (unpaired) electrons. The lowest BCUT2D eigenvalue weighted by molar-refractivity contribution is 0.0514. The van der Waals surface area contributed by atoms with E-state index in [2.05, 4.69) is 6.07 Å². The Morgan fingerprint density at radius 3 is 2.48 bits per heavy atom. The Bertz CT molecular complexity index is 567. The molecule has 0 spiro atoms. The Labute approximate surface area is 123 Å². The number of carbonyl (C=O) groups is 1. The Kier molecular flexibility index (Phi) is 4.14. The molecule has 0 aliphatic carbocycles. The molecule has 1 aliphatic heterocycles. The number of nitrogens with zero attached hydrogens (tertiary/aromatic N) is 3. The molecule has 6 heteroatoms. The van der Waals surface area contributed by atoms with Crippen LogP contribution in [0, 0.1) is 17.1 Å². The fourth-order valence-corrected chi connectivity index (χ4v) is 2.42. The third-order valence-electron chi connectivity index (χ3n) is 3.84. The normalized spacial score (nSPS) is 16.6. The number of phenolic OH excluding ortho intramolecular Hbond substituents is 1. The molecule has 0 saturated carbocycles. The van der Waals surface area contributed by atoms with Crippen molar-refractivity contribution in [1.29, 1.82) is 5.26 Å². The van der Waals surface area contributed by atoms with Gasteiger partial charge in [-0.25, -0.2) is 4.39 Å². The van der Waals surface area contributed by atoms with E-state index in [1.54, 1.807) is 0 Å². The molecule has 0 aromatic heterocycles. The van der Waals surface area contributed by atoms with Gasteiger partial charge in [-0.05, 0) is 26.0 Å². The topological polar surface area (TPSA) is 67.6 Å². The van der Waals surface area contributed by atoms with Crippen molar-refractivity contribution in [2.24, 2.45) is 0 Å². The maximum Gasteiger partial charge on any atom is 0.260 e. The number of aromatic hydroxyl groups is 1. The maximum absolute atomic E-state index is 13.7. The van der Waals surface area contributed by atoms with Crippen molar-refractivity contribution >= 4 is 5.91 Å². The SMILES string of the molecule is CC(C)(C#N)N1CCN(C(=O)c2c(O)cccc2F)CC1. The highest BCUT2D eigenvalue weighted by molar-refractivity contribution is 5.97. The summed E-state index contributed by atoms with van der Waals surface area (Å²) >= 11 is 0. The van der Waals surface area contributed by atoms with Crippen molar-refractivity contribution in [3.05, 3.63) is 29.6 Å². The number of amides is 1. The molecule has 0 unspecified atom stereocenters. The minimum atomic E-state index is -0.722. The lowest BCUT2D eigenvalue weighted by Gasteiger charge is -2.40. The summed E-state index contributed by atoms with van der Waals surface area (Å²) in [7, 11) is 0. The molecular weight excluding hydrogens is 273 g/mol. The summed E-state index contributed by atoms with van der Waals surface area (Å²) in [5, 5.41) is 18.8. The van der Waals surface area contributed by atoms with Crippen molar-refractivity contribution < 1.29 is 14.3 Å². The Hall–Kier alpha value is -2.13. The van der Waals surface area contributed by atoms with E-state index in [-0.39, 0.29) is 11.3 Å². The first-order valence-electron chi connectivity index (χ1n) is 6.80. The van der Waals surface area contributed by atoms with E-state index in [0.29, 0.717) is 26.2 Å². The van der Waals surface area contributed by atoms with E-state index in [1.165, 1.54) is 17.0 Å². The van der Waals surface area contributed by atoms with Crippen molar-refractivity contribution in [1.82, 2.24) is 9.80 Å². The van der Waals surface area contributed by atoms with Gasteiger partial charge >= 0.3 is 0 Å². The van der Waals surface area contributed by atoms with Crippen LogP contribution in [-0.4, -0.2) is 52.5 Å². The van der Waals surface area contributed by atoms with E-state index in [1.807, 2.05) is 18.7 Å². The zero-order chi connectivity index (χ0) is 15.6. The minimum absolute atomic E-state index is 0.287. The van der Waals surface area contributed by atoms with Gasteiger partial charge in [0.15, 0.2) is 0 Å². The van der Waals surface area contributed by atoms with Gasteiger partial charge in [-0.3, -0.25) is 9.69 Å². The highest BCUT2D eigenvalue weighted by atomic mass is 19.1. The molecule has 2 rings (SSSR count). The fraction of sp³-hybridized carbons (Fsp3) is 0.467. The second kappa shape index (κ2) is 5.70. The van der Waals surface area contributed by atoms with Gasteiger partial charge in [0.2, 0.25) is 0 Å². The van der Waals surface area contributed by atoms with Crippen LogP contribution in [0.25, 0.3) is 0 Å². The van der Waals surface area contributed by atoms with Crippen LogP contribution in [0.15, 0.2) is 18.2 Å². The second-order valence-electron chi connectivity index (χ2n) is 5.58. The van der Waals surface area contributed by atoms with Crippen LogP contribution in [-0.2, 0) is 0 Å². The van der Waals surface area contributed by atoms with Crippen molar-refractivity contribution in [3.8, 4) is 11.8 Å². The zero-order valence-electron chi connectivity index (χ0n) is 12.1. The first-order valence-corrected chi connectivity index (χ1v) is 6.80. The van der Waals surface area contributed by atoms with E-state index >= 15 is 0 Å². The van der Waals surface area contributed by atoms with Crippen molar-refractivity contribution in [3.63, 3.8) is 0 Å². The highest BCUT2D eigenvalue weighted by Crippen LogP contribution is 2.23. The standard InChI is InChI=1S/C15H18FN3O2/c1-15(2,10-17)19-8-6-18(7-9-19)14(21)13-11(16)4-3-5-12(13)20/h3-5,20H,6-9H2,1-2H3. The minimum Gasteiger partial charge on any atom is -0.507 e. The lowest BCUT2D eigenvalue weighted by Crippen LogP contribution is -2.55. The zero-order valence-corrected chi connectivity index (χ0v) is 12.1.